The molecule has 0 bridgehead atoms. The lowest BCUT2D eigenvalue weighted by Gasteiger charge is -2.11. The summed E-state index contributed by atoms with van der Waals surface area (Å²) in [6.07, 6.45) is -0.853. The number of ether oxygens (including phenoxy) is 1. The van der Waals surface area contributed by atoms with Crippen LogP contribution in [-0.2, 0) is 17.8 Å². The van der Waals surface area contributed by atoms with E-state index in [1.807, 2.05) is 0 Å². The van der Waals surface area contributed by atoms with Gasteiger partial charge in [0.2, 0.25) is 0 Å². The van der Waals surface area contributed by atoms with E-state index in [0.29, 0.717) is 22.6 Å². The Labute approximate surface area is 150 Å². The zero-order valence-electron chi connectivity index (χ0n) is 14.6. The van der Waals surface area contributed by atoms with Crippen LogP contribution in [0.3, 0.4) is 0 Å². The van der Waals surface area contributed by atoms with Crippen molar-refractivity contribution < 1.29 is 23.1 Å². The number of nitrogens with zero attached hydrogens (tertiary/aromatic N) is 1. The Morgan fingerprint density at radius 3 is 2.65 bits per heavy atom. The first-order chi connectivity index (χ1) is 12.3. The molecule has 0 saturated carbocycles. The molecule has 1 heterocycles. The fourth-order valence-corrected chi connectivity index (χ4v) is 2.39. The number of nitrogens with one attached hydrogen (secondary N) is 1. The zero-order chi connectivity index (χ0) is 19.1. The topological polar surface area (TPSA) is 68.3 Å². The second kappa shape index (κ2) is 9.03. The monoisotopic (exact) mass is 362 g/mol. The van der Waals surface area contributed by atoms with E-state index in [1.165, 1.54) is 13.1 Å². The van der Waals surface area contributed by atoms with Crippen LogP contribution in [0.25, 0.3) is 0 Å². The number of benzene rings is 1. The maximum Gasteiger partial charge on any atom is 0.272 e. The SMILES string of the molecule is CC(=O)Cc1cc(C(=O)NCc2ccc(OCC(F)F)c(C)c2)ccn1. The van der Waals surface area contributed by atoms with Gasteiger partial charge in [-0.3, -0.25) is 14.6 Å². The minimum atomic E-state index is -2.53. The van der Waals surface area contributed by atoms with Crippen molar-refractivity contribution in [3.8, 4) is 5.75 Å². The number of carbonyl (C=O) groups excluding carboxylic acids is 2. The van der Waals surface area contributed by atoms with Crippen molar-refractivity contribution in [1.29, 1.82) is 0 Å². The molecule has 5 nitrogen and oxygen atoms in total. The smallest absolute Gasteiger partial charge is 0.272 e. The number of amides is 1. The van der Waals surface area contributed by atoms with Crippen molar-refractivity contribution in [2.24, 2.45) is 0 Å². The molecule has 0 aliphatic heterocycles. The number of rotatable bonds is 8. The molecule has 1 aromatic carbocycles. The van der Waals surface area contributed by atoms with Gasteiger partial charge in [0.1, 0.15) is 18.1 Å². The minimum Gasteiger partial charge on any atom is -0.487 e. The van der Waals surface area contributed by atoms with Crippen LogP contribution in [0.4, 0.5) is 8.78 Å². The first kappa shape index (κ1) is 19.5. The summed E-state index contributed by atoms with van der Waals surface area (Å²) < 4.78 is 29.4. The van der Waals surface area contributed by atoms with Gasteiger partial charge in [-0.2, -0.15) is 0 Å². The van der Waals surface area contributed by atoms with Crippen LogP contribution in [0.5, 0.6) is 5.75 Å². The van der Waals surface area contributed by atoms with Gasteiger partial charge in [0, 0.05) is 30.4 Å². The van der Waals surface area contributed by atoms with Crippen molar-refractivity contribution in [2.45, 2.75) is 33.2 Å². The highest BCUT2D eigenvalue weighted by Gasteiger charge is 2.10. The molecule has 1 N–H and O–H groups in total. The van der Waals surface area contributed by atoms with Gasteiger partial charge in [-0.15, -0.1) is 0 Å². The Bertz CT molecular complexity index is 794. The molecule has 0 spiro atoms. The van der Waals surface area contributed by atoms with E-state index in [9.17, 15) is 18.4 Å². The lowest BCUT2D eigenvalue weighted by Crippen LogP contribution is -2.23. The number of alkyl halides is 2. The Balaban J connectivity index is 1.97. The minimum absolute atomic E-state index is 0.0281. The van der Waals surface area contributed by atoms with E-state index < -0.39 is 13.0 Å². The Kier molecular flexibility index (Phi) is 6.77. The third kappa shape index (κ3) is 5.91. The molecule has 0 aliphatic rings. The molecule has 0 radical (unpaired) electrons. The van der Waals surface area contributed by atoms with Gasteiger partial charge in [-0.05, 0) is 43.2 Å². The van der Waals surface area contributed by atoms with Gasteiger partial charge in [0.25, 0.3) is 12.3 Å². The third-order valence-electron chi connectivity index (χ3n) is 3.57. The molecule has 138 valence electrons. The number of hydrogen-bond acceptors (Lipinski definition) is 4. The number of pyridine rings is 1. The first-order valence-corrected chi connectivity index (χ1v) is 8.08. The van der Waals surface area contributed by atoms with Crippen LogP contribution in [0.1, 0.15) is 34.1 Å². The maximum atomic E-state index is 12.3. The predicted octanol–water partition coefficient (Wildman–Crippen LogP) is 3.10. The van der Waals surface area contributed by atoms with Gasteiger partial charge < -0.3 is 10.1 Å². The lowest BCUT2D eigenvalue weighted by atomic mass is 10.1. The number of halogens is 2. The van der Waals surface area contributed by atoms with Crippen LogP contribution >= 0.6 is 0 Å². The van der Waals surface area contributed by atoms with E-state index in [2.05, 4.69) is 10.3 Å². The van der Waals surface area contributed by atoms with Crippen molar-refractivity contribution in [2.75, 3.05) is 6.61 Å². The zero-order valence-corrected chi connectivity index (χ0v) is 14.6. The molecule has 2 rings (SSSR count). The second-order valence-electron chi connectivity index (χ2n) is 5.90. The number of ketones is 1. The molecule has 0 atom stereocenters. The number of carbonyl (C=O) groups is 2. The van der Waals surface area contributed by atoms with E-state index in [0.717, 1.165) is 5.56 Å². The van der Waals surface area contributed by atoms with Crippen LogP contribution < -0.4 is 10.1 Å². The van der Waals surface area contributed by atoms with Crippen LogP contribution in [0.15, 0.2) is 36.5 Å². The molecule has 1 amide bonds. The first-order valence-electron chi connectivity index (χ1n) is 8.08. The number of Topliss-reactive ketones (excluding diaryl/α,β-unsaturated/α-hetero) is 1. The molecule has 0 saturated heterocycles. The quantitative estimate of drug-likeness (QED) is 0.784. The summed E-state index contributed by atoms with van der Waals surface area (Å²) in [5.74, 6) is 0.0796. The molecule has 2 aromatic rings. The van der Waals surface area contributed by atoms with E-state index in [1.54, 1.807) is 37.3 Å². The molecule has 0 aliphatic carbocycles. The molecule has 7 heteroatoms. The van der Waals surface area contributed by atoms with Crippen LogP contribution in [0.2, 0.25) is 0 Å². The van der Waals surface area contributed by atoms with Gasteiger partial charge in [0.05, 0.1) is 0 Å². The molecule has 1 aromatic heterocycles. The summed E-state index contributed by atoms with van der Waals surface area (Å²) in [5, 5.41) is 2.78. The molecule has 26 heavy (non-hydrogen) atoms. The van der Waals surface area contributed by atoms with Crippen LogP contribution in [-0.4, -0.2) is 29.7 Å². The summed E-state index contributed by atoms with van der Waals surface area (Å²) >= 11 is 0. The van der Waals surface area contributed by atoms with Crippen molar-refractivity contribution in [1.82, 2.24) is 10.3 Å². The summed E-state index contributed by atoms with van der Waals surface area (Å²) in [4.78, 5) is 27.5. The van der Waals surface area contributed by atoms with Gasteiger partial charge in [-0.25, -0.2) is 8.78 Å². The summed E-state index contributed by atoms with van der Waals surface area (Å²) in [5.41, 5.74) is 2.50. The standard InChI is InChI=1S/C19H20F2N2O3/c1-12-7-14(3-4-17(12)26-11-18(20)21)10-23-19(25)15-5-6-22-16(9-15)8-13(2)24/h3-7,9,18H,8,10-11H2,1-2H3,(H,23,25). The fraction of sp³-hybridized carbons (Fsp3) is 0.316. The summed E-state index contributed by atoms with van der Waals surface area (Å²) in [7, 11) is 0. The lowest BCUT2D eigenvalue weighted by molar-refractivity contribution is -0.116. The second-order valence-corrected chi connectivity index (χ2v) is 5.90. The maximum absolute atomic E-state index is 12.3. The van der Waals surface area contributed by atoms with Crippen molar-refractivity contribution in [3.63, 3.8) is 0 Å². The number of aryl methyl sites for hydroxylation is 1. The highest BCUT2D eigenvalue weighted by Crippen LogP contribution is 2.19. The number of hydrogen-bond donors (Lipinski definition) is 1. The van der Waals surface area contributed by atoms with Gasteiger partial charge in [0.15, 0.2) is 0 Å². The predicted molar refractivity (Wildman–Crippen MR) is 92.5 cm³/mol. The molecular weight excluding hydrogens is 342 g/mol. The third-order valence-corrected chi connectivity index (χ3v) is 3.57. The Hall–Kier alpha value is -2.83. The average Bonchev–Trinajstić information content (AvgIpc) is 2.58. The van der Waals surface area contributed by atoms with E-state index in [4.69, 9.17) is 4.74 Å². The van der Waals surface area contributed by atoms with Gasteiger partial charge >= 0.3 is 0 Å². The van der Waals surface area contributed by atoms with E-state index in [-0.39, 0.29) is 24.7 Å². The number of aromatic nitrogens is 1. The molecule has 0 unspecified atom stereocenters. The largest absolute Gasteiger partial charge is 0.487 e. The Morgan fingerprint density at radius 1 is 1.23 bits per heavy atom. The van der Waals surface area contributed by atoms with Crippen LogP contribution in [0, 0.1) is 6.92 Å². The van der Waals surface area contributed by atoms with Crippen molar-refractivity contribution >= 4 is 11.7 Å². The summed E-state index contributed by atoms with van der Waals surface area (Å²) in [6.45, 7) is 2.84. The highest BCUT2D eigenvalue weighted by molar-refractivity contribution is 5.94. The molecule has 0 fully saturated rings. The normalized spacial score (nSPS) is 10.7. The van der Waals surface area contributed by atoms with Crippen molar-refractivity contribution in [3.05, 3.63) is 58.9 Å². The molecular formula is C19H20F2N2O3. The van der Waals surface area contributed by atoms with E-state index >= 15 is 0 Å². The highest BCUT2D eigenvalue weighted by atomic mass is 19.3. The fourth-order valence-electron chi connectivity index (χ4n) is 2.39. The average molecular weight is 362 g/mol. The Morgan fingerprint density at radius 2 is 2.00 bits per heavy atom. The van der Waals surface area contributed by atoms with Gasteiger partial charge in [-0.1, -0.05) is 12.1 Å². The summed E-state index contributed by atoms with van der Waals surface area (Å²) in [6, 6.07) is 8.25.